The zero-order valence-electron chi connectivity index (χ0n) is 7.46. The Labute approximate surface area is 95.4 Å². The molecule has 1 heterocycles. The molecule has 0 saturated carbocycles. The highest BCUT2D eigenvalue weighted by Gasteiger charge is 2.04. The number of aryl methyl sites for hydroxylation is 1. The summed E-state index contributed by atoms with van der Waals surface area (Å²) in [5.74, 6) is 1.40. The molecule has 0 N–H and O–H groups in total. The van der Waals surface area contributed by atoms with Crippen LogP contribution in [0.3, 0.4) is 0 Å². The summed E-state index contributed by atoms with van der Waals surface area (Å²) in [7, 11) is 0. The monoisotopic (exact) mass is 273 g/mol. The Morgan fingerprint density at radius 2 is 2.29 bits per heavy atom. The van der Waals surface area contributed by atoms with Gasteiger partial charge in [-0.05, 0) is 24.6 Å². The molecule has 0 unspecified atom stereocenters. The summed E-state index contributed by atoms with van der Waals surface area (Å²) in [6, 6.07) is 5.80. The summed E-state index contributed by atoms with van der Waals surface area (Å²) in [5, 5.41) is 0. The highest BCUT2D eigenvalue weighted by Crippen LogP contribution is 2.20. The number of hydrogen-bond acceptors (Lipinski definition) is 2. The molecule has 0 spiro atoms. The average molecular weight is 275 g/mol. The van der Waals surface area contributed by atoms with E-state index in [4.69, 9.17) is 16.0 Å². The lowest BCUT2D eigenvalue weighted by atomic mass is 10.3. The molecule has 2 aromatic rings. The molecule has 14 heavy (non-hydrogen) atoms. The van der Waals surface area contributed by atoms with E-state index in [9.17, 15) is 0 Å². The minimum absolute atomic E-state index is 0.641. The molecule has 0 saturated heterocycles. The molecule has 0 bridgehead atoms. The van der Waals surface area contributed by atoms with Crippen LogP contribution in [-0.4, -0.2) is 10.9 Å². The molecule has 0 aliphatic heterocycles. The van der Waals surface area contributed by atoms with Crippen molar-refractivity contribution in [1.29, 1.82) is 0 Å². The standard InChI is InChI=1S/C10H9BrClNO/c11-7-3-4-9-8(6-7)13-10(14-9)2-1-5-12/h3-4,6H,1-2,5H2. The predicted molar refractivity (Wildman–Crippen MR) is 60.8 cm³/mol. The molecule has 0 atom stereocenters. The number of hydrogen-bond donors (Lipinski definition) is 0. The van der Waals surface area contributed by atoms with Gasteiger partial charge in [-0.2, -0.15) is 0 Å². The topological polar surface area (TPSA) is 26.0 Å². The van der Waals surface area contributed by atoms with Crippen LogP contribution in [0, 0.1) is 0 Å². The van der Waals surface area contributed by atoms with Crippen molar-refractivity contribution in [3.8, 4) is 0 Å². The van der Waals surface area contributed by atoms with E-state index in [1.807, 2.05) is 18.2 Å². The van der Waals surface area contributed by atoms with Gasteiger partial charge in [-0.15, -0.1) is 11.6 Å². The molecule has 74 valence electrons. The van der Waals surface area contributed by atoms with Crippen LogP contribution in [0.2, 0.25) is 0 Å². The maximum atomic E-state index is 5.60. The summed E-state index contributed by atoms with van der Waals surface area (Å²) in [4.78, 5) is 4.36. The number of alkyl halides is 1. The van der Waals surface area contributed by atoms with E-state index in [2.05, 4.69) is 20.9 Å². The first-order valence-electron chi connectivity index (χ1n) is 4.40. The normalized spacial score (nSPS) is 11.0. The van der Waals surface area contributed by atoms with Crippen molar-refractivity contribution >= 4 is 38.6 Å². The van der Waals surface area contributed by atoms with E-state index in [1.165, 1.54) is 0 Å². The van der Waals surface area contributed by atoms with Crippen LogP contribution in [-0.2, 0) is 6.42 Å². The summed E-state index contributed by atoms with van der Waals surface area (Å²) < 4.78 is 6.55. The van der Waals surface area contributed by atoms with Gasteiger partial charge in [-0.3, -0.25) is 0 Å². The van der Waals surface area contributed by atoms with Gasteiger partial charge in [0, 0.05) is 16.8 Å². The first-order valence-corrected chi connectivity index (χ1v) is 5.73. The lowest BCUT2D eigenvalue weighted by Gasteiger charge is -1.88. The Balaban J connectivity index is 2.32. The molecule has 2 nitrogen and oxygen atoms in total. The predicted octanol–water partition coefficient (Wildman–Crippen LogP) is 3.76. The molecule has 0 amide bonds. The third-order valence-electron chi connectivity index (χ3n) is 1.92. The zero-order chi connectivity index (χ0) is 9.97. The van der Waals surface area contributed by atoms with E-state index in [0.717, 1.165) is 34.3 Å². The lowest BCUT2D eigenvalue weighted by molar-refractivity contribution is 0.526. The number of oxazole rings is 1. The van der Waals surface area contributed by atoms with E-state index >= 15 is 0 Å². The molecule has 0 aliphatic carbocycles. The van der Waals surface area contributed by atoms with Crippen molar-refractivity contribution < 1.29 is 4.42 Å². The molecule has 1 aromatic heterocycles. The highest BCUT2D eigenvalue weighted by atomic mass is 79.9. The molecular weight excluding hydrogens is 265 g/mol. The maximum Gasteiger partial charge on any atom is 0.195 e. The van der Waals surface area contributed by atoms with Gasteiger partial charge in [-0.1, -0.05) is 15.9 Å². The van der Waals surface area contributed by atoms with E-state index < -0.39 is 0 Å². The number of benzene rings is 1. The van der Waals surface area contributed by atoms with Crippen molar-refractivity contribution in [1.82, 2.24) is 4.98 Å². The minimum Gasteiger partial charge on any atom is -0.441 e. The average Bonchev–Trinajstić information content (AvgIpc) is 2.56. The number of nitrogens with zero attached hydrogens (tertiary/aromatic N) is 1. The van der Waals surface area contributed by atoms with Gasteiger partial charge in [-0.25, -0.2) is 4.98 Å². The van der Waals surface area contributed by atoms with Gasteiger partial charge in [0.25, 0.3) is 0 Å². The van der Waals surface area contributed by atoms with Gasteiger partial charge < -0.3 is 4.42 Å². The van der Waals surface area contributed by atoms with Crippen molar-refractivity contribution in [3.63, 3.8) is 0 Å². The van der Waals surface area contributed by atoms with Crippen LogP contribution in [0.5, 0.6) is 0 Å². The number of aromatic nitrogens is 1. The van der Waals surface area contributed by atoms with Crippen molar-refractivity contribution in [2.75, 3.05) is 5.88 Å². The molecule has 0 aliphatic rings. The van der Waals surface area contributed by atoms with Crippen LogP contribution < -0.4 is 0 Å². The van der Waals surface area contributed by atoms with Gasteiger partial charge in [0.05, 0.1) is 0 Å². The highest BCUT2D eigenvalue weighted by molar-refractivity contribution is 9.10. The van der Waals surface area contributed by atoms with E-state index in [0.29, 0.717) is 5.88 Å². The van der Waals surface area contributed by atoms with Crippen LogP contribution >= 0.6 is 27.5 Å². The number of halogens is 2. The molecular formula is C10H9BrClNO. The third kappa shape index (κ3) is 2.10. The smallest absolute Gasteiger partial charge is 0.195 e. The first kappa shape index (κ1) is 9.99. The van der Waals surface area contributed by atoms with Gasteiger partial charge >= 0.3 is 0 Å². The maximum absolute atomic E-state index is 5.60. The van der Waals surface area contributed by atoms with Crippen LogP contribution in [0.1, 0.15) is 12.3 Å². The molecule has 0 radical (unpaired) electrons. The second-order valence-corrected chi connectivity index (χ2v) is 4.31. The molecule has 1 aromatic carbocycles. The Morgan fingerprint density at radius 1 is 1.43 bits per heavy atom. The second kappa shape index (κ2) is 4.32. The summed E-state index contributed by atoms with van der Waals surface area (Å²) in [6.45, 7) is 0. The van der Waals surface area contributed by atoms with E-state index in [1.54, 1.807) is 0 Å². The lowest BCUT2D eigenvalue weighted by Crippen LogP contribution is -1.84. The summed E-state index contributed by atoms with van der Waals surface area (Å²) >= 11 is 8.99. The van der Waals surface area contributed by atoms with Gasteiger partial charge in [0.2, 0.25) is 0 Å². The summed E-state index contributed by atoms with van der Waals surface area (Å²) in [6.07, 6.45) is 1.70. The van der Waals surface area contributed by atoms with Crippen molar-refractivity contribution in [3.05, 3.63) is 28.6 Å². The second-order valence-electron chi connectivity index (χ2n) is 3.01. The fraction of sp³-hybridized carbons (Fsp3) is 0.300. The fourth-order valence-corrected chi connectivity index (χ4v) is 1.76. The van der Waals surface area contributed by atoms with Gasteiger partial charge in [0.1, 0.15) is 5.52 Å². The zero-order valence-corrected chi connectivity index (χ0v) is 9.81. The quantitative estimate of drug-likeness (QED) is 0.797. The van der Waals surface area contributed by atoms with Crippen LogP contribution in [0.4, 0.5) is 0 Å². The Kier molecular flexibility index (Phi) is 3.08. The fourth-order valence-electron chi connectivity index (χ4n) is 1.27. The number of rotatable bonds is 3. The largest absolute Gasteiger partial charge is 0.441 e. The van der Waals surface area contributed by atoms with E-state index in [-0.39, 0.29) is 0 Å². The number of fused-ring (bicyclic) bond motifs is 1. The molecule has 2 rings (SSSR count). The SMILES string of the molecule is ClCCCc1nc2cc(Br)ccc2o1. The van der Waals surface area contributed by atoms with Crippen molar-refractivity contribution in [2.45, 2.75) is 12.8 Å². The Morgan fingerprint density at radius 3 is 3.07 bits per heavy atom. The van der Waals surface area contributed by atoms with Crippen LogP contribution in [0.15, 0.2) is 27.1 Å². The first-order chi connectivity index (χ1) is 6.79. The van der Waals surface area contributed by atoms with Crippen molar-refractivity contribution in [2.24, 2.45) is 0 Å². The Bertz CT molecular complexity index is 441. The Hall–Kier alpha value is -0.540. The third-order valence-corrected chi connectivity index (χ3v) is 2.68. The minimum atomic E-state index is 0.641. The van der Waals surface area contributed by atoms with Crippen LogP contribution in [0.25, 0.3) is 11.1 Å². The molecule has 0 fully saturated rings. The molecule has 4 heteroatoms. The summed E-state index contributed by atoms with van der Waals surface area (Å²) in [5.41, 5.74) is 1.72. The van der Waals surface area contributed by atoms with Gasteiger partial charge in [0.15, 0.2) is 11.5 Å².